The highest BCUT2D eigenvalue weighted by Gasteiger charge is 2.44. The molecule has 3 rings (SSSR count). The summed E-state index contributed by atoms with van der Waals surface area (Å²) in [6.45, 7) is 5.55. The molecule has 0 aliphatic heterocycles. The van der Waals surface area contributed by atoms with Crippen molar-refractivity contribution in [3.8, 4) is 0 Å². The Morgan fingerprint density at radius 2 is 0.816 bits per heavy atom. The third kappa shape index (κ3) is 9.64. The average molecular weight is 534 g/mol. The van der Waals surface area contributed by atoms with Crippen LogP contribution in [-0.4, -0.2) is 25.7 Å². The smallest absolute Gasteiger partial charge is 0.157 e. The van der Waals surface area contributed by atoms with Crippen LogP contribution in [-0.2, 0) is 9.47 Å². The van der Waals surface area contributed by atoms with E-state index >= 15 is 0 Å². The predicted octanol–water partition coefficient (Wildman–Crippen LogP) is 8.67. The average Bonchev–Trinajstić information content (AvgIpc) is 2.97. The summed E-state index contributed by atoms with van der Waals surface area (Å²) >= 11 is 0. The van der Waals surface area contributed by atoms with Crippen molar-refractivity contribution in [3.63, 3.8) is 0 Å². The molecule has 0 fully saturated rings. The van der Waals surface area contributed by atoms with Crippen molar-refractivity contribution >= 4 is 23.2 Å². The number of unbranched alkanes of at least 4 members (excludes halogenated alkanes) is 9. The zero-order valence-electron chi connectivity index (χ0n) is 23.9. The molecule has 0 unspecified atom stereocenters. The lowest BCUT2D eigenvalue weighted by molar-refractivity contribution is -0.140. The van der Waals surface area contributed by atoms with E-state index in [1.54, 1.807) is 0 Å². The van der Waals surface area contributed by atoms with Crippen LogP contribution in [0.2, 0.25) is 0 Å². The normalized spacial score (nSPS) is 11.8. The Balaban J connectivity index is 1.43. The van der Waals surface area contributed by atoms with E-state index in [-0.39, 0.29) is 6.29 Å². The molecule has 0 N–H and O–H groups in total. The van der Waals surface area contributed by atoms with E-state index in [9.17, 15) is 0 Å². The zero-order valence-corrected chi connectivity index (χ0v) is 24.8. The van der Waals surface area contributed by atoms with E-state index in [1.165, 1.54) is 86.3 Å². The standard InChI is InChI=1S/C35H50O2P/c1-3-36-35(37-4-2)30-22-11-9-7-5-6-8-10-12-23-31-38(32-24-16-13-17-25-32,33-26-18-14-19-27-33)34-28-20-15-21-29-34/h13-21,24-29,35H,3-12,22-23,30-31H2,1-2H3/q+1. The van der Waals surface area contributed by atoms with Crippen LogP contribution in [0.1, 0.15) is 84.5 Å². The second-order valence-electron chi connectivity index (χ2n) is 10.2. The van der Waals surface area contributed by atoms with Crippen molar-refractivity contribution in [2.24, 2.45) is 0 Å². The number of benzene rings is 3. The molecule has 0 bridgehead atoms. The Kier molecular flexibility index (Phi) is 14.7. The van der Waals surface area contributed by atoms with Crippen molar-refractivity contribution in [2.75, 3.05) is 19.4 Å². The first-order valence-electron chi connectivity index (χ1n) is 15.1. The van der Waals surface area contributed by atoms with Crippen molar-refractivity contribution in [3.05, 3.63) is 91.0 Å². The fraction of sp³-hybridized carbons (Fsp3) is 0.486. The van der Waals surface area contributed by atoms with Gasteiger partial charge >= 0.3 is 0 Å². The Morgan fingerprint density at radius 1 is 0.474 bits per heavy atom. The minimum Gasteiger partial charge on any atom is -0.353 e. The molecule has 0 aliphatic rings. The lowest BCUT2D eigenvalue weighted by Crippen LogP contribution is -2.33. The number of hydrogen-bond donors (Lipinski definition) is 0. The third-order valence-corrected chi connectivity index (χ3v) is 12.0. The van der Waals surface area contributed by atoms with Gasteiger partial charge < -0.3 is 9.47 Å². The highest BCUT2D eigenvalue weighted by molar-refractivity contribution is 7.95. The second-order valence-corrected chi connectivity index (χ2v) is 13.8. The van der Waals surface area contributed by atoms with Crippen LogP contribution in [0, 0.1) is 0 Å². The molecule has 206 valence electrons. The molecule has 0 radical (unpaired) electrons. The predicted molar refractivity (Wildman–Crippen MR) is 168 cm³/mol. The molecular formula is C35H50O2P+. The molecule has 0 heterocycles. The largest absolute Gasteiger partial charge is 0.353 e. The van der Waals surface area contributed by atoms with Gasteiger partial charge in [0.1, 0.15) is 23.2 Å². The monoisotopic (exact) mass is 533 g/mol. The van der Waals surface area contributed by atoms with Crippen molar-refractivity contribution in [1.29, 1.82) is 0 Å². The summed E-state index contributed by atoms with van der Waals surface area (Å²) in [5.41, 5.74) is 0. The van der Waals surface area contributed by atoms with Crippen LogP contribution >= 0.6 is 7.26 Å². The maximum Gasteiger partial charge on any atom is 0.157 e. The van der Waals surface area contributed by atoms with Gasteiger partial charge in [0.05, 0.1) is 6.16 Å². The van der Waals surface area contributed by atoms with Crippen LogP contribution in [0.25, 0.3) is 0 Å². The molecule has 0 aromatic heterocycles. The molecule has 0 atom stereocenters. The van der Waals surface area contributed by atoms with Gasteiger partial charge in [0.25, 0.3) is 0 Å². The second kappa shape index (κ2) is 18.3. The summed E-state index contributed by atoms with van der Waals surface area (Å²) in [6.07, 6.45) is 15.5. The number of ether oxygens (including phenoxy) is 2. The van der Waals surface area contributed by atoms with Crippen LogP contribution in [0.5, 0.6) is 0 Å². The fourth-order valence-corrected chi connectivity index (χ4v) is 9.95. The Morgan fingerprint density at radius 3 is 1.18 bits per heavy atom. The molecule has 3 aromatic carbocycles. The van der Waals surface area contributed by atoms with Gasteiger partial charge in [0.2, 0.25) is 0 Å². The van der Waals surface area contributed by atoms with Crippen LogP contribution in [0.4, 0.5) is 0 Å². The lowest BCUT2D eigenvalue weighted by Gasteiger charge is -2.27. The molecule has 0 amide bonds. The highest BCUT2D eigenvalue weighted by Crippen LogP contribution is 2.56. The summed E-state index contributed by atoms with van der Waals surface area (Å²) < 4.78 is 11.3. The fourth-order valence-electron chi connectivity index (χ4n) is 5.54. The van der Waals surface area contributed by atoms with Gasteiger partial charge in [0, 0.05) is 13.2 Å². The molecule has 0 saturated heterocycles. The van der Waals surface area contributed by atoms with Crippen molar-refractivity contribution < 1.29 is 9.47 Å². The molecule has 3 aromatic rings. The first-order valence-corrected chi connectivity index (χ1v) is 17.1. The van der Waals surface area contributed by atoms with E-state index in [0.717, 1.165) is 19.6 Å². The van der Waals surface area contributed by atoms with Gasteiger partial charge in [-0.05, 0) is 75.9 Å². The Labute approximate surface area is 233 Å². The minimum absolute atomic E-state index is 0.00291. The van der Waals surface area contributed by atoms with Gasteiger partial charge in [-0.3, -0.25) is 0 Å². The zero-order chi connectivity index (χ0) is 26.7. The first-order chi connectivity index (χ1) is 18.8. The molecular weight excluding hydrogens is 483 g/mol. The topological polar surface area (TPSA) is 18.5 Å². The van der Waals surface area contributed by atoms with Crippen LogP contribution in [0.3, 0.4) is 0 Å². The quantitative estimate of drug-likeness (QED) is 0.0822. The highest BCUT2D eigenvalue weighted by atomic mass is 31.2. The van der Waals surface area contributed by atoms with Gasteiger partial charge in [-0.15, -0.1) is 0 Å². The summed E-state index contributed by atoms with van der Waals surface area (Å²) in [4.78, 5) is 0. The number of hydrogen-bond acceptors (Lipinski definition) is 2. The SMILES string of the molecule is CCOC(CCCCCCCCCCCC[P+](c1ccccc1)(c1ccccc1)c1ccccc1)OCC. The summed E-state index contributed by atoms with van der Waals surface area (Å²) in [7, 11) is -1.66. The van der Waals surface area contributed by atoms with E-state index in [0.29, 0.717) is 0 Å². The summed E-state index contributed by atoms with van der Waals surface area (Å²) in [5, 5.41) is 4.52. The lowest BCUT2D eigenvalue weighted by atomic mass is 10.1. The summed E-state index contributed by atoms with van der Waals surface area (Å²) in [6, 6.07) is 33.9. The molecule has 0 saturated carbocycles. The molecule has 38 heavy (non-hydrogen) atoms. The maximum atomic E-state index is 5.65. The number of rotatable bonds is 20. The third-order valence-electron chi connectivity index (χ3n) is 7.48. The minimum atomic E-state index is -1.66. The van der Waals surface area contributed by atoms with Crippen molar-refractivity contribution in [2.45, 2.75) is 90.8 Å². The molecule has 2 nitrogen and oxygen atoms in total. The summed E-state index contributed by atoms with van der Waals surface area (Å²) in [5.74, 6) is 0. The van der Waals surface area contributed by atoms with Crippen LogP contribution < -0.4 is 15.9 Å². The molecule has 0 aliphatic carbocycles. The van der Waals surface area contributed by atoms with E-state index in [4.69, 9.17) is 9.47 Å². The van der Waals surface area contributed by atoms with E-state index in [2.05, 4.69) is 91.0 Å². The molecule has 0 spiro atoms. The Hall–Kier alpha value is -1.99. The Bertz CT molecular complexity index is 858. The van der Waals surface area contributed by atoms with Gasteiger partial charge in [0.15, 0.2) is 6.29 Å². The van der Waals surface area contributed by atoms with Gasteiger partial charge in [-0.2, -0.15) is 0 Å². The van der Waals surface area contributed by atoms with Crippen molar-refractivity contribution in [1.82, 2.24) is 0 Å². The van der Waals surface area contributed by atoms with Crippen LogP contribution in [0.15, 0.2) is 91.0 Å². The molecule has 3 heteroatoms. The first kappa shape index (κ1) is 30.6. The van der Waals surface area contributed by atoms with Gasteiger partial charge in [-0.1, -0.05) is 99.5 Å². The van der Waals surface area contributed by atoms with E-state index in [1.807, 2.05) is 13.8 Å². The van der Waals surface area contributed by atoms with E-state index < -0.39 is 7.26 Å². The maximum absolute atomic E-state index is 5.65. The van der Waals surface area contributed by atoms with Gasteiger partial charge in [-0.25, -0.2) is 0 Å².